The summed E-state index contributed by atoms with van der Waals surface area (Å²) in [6.45, 7) is 1.87. The zero-order chi connectivity index (χ0) is 13.7. The van der Waals surface area contributed by atoms with Crippen molar-refractivity contribution in [2.45, 2.75) is 6.92 Å². The topological polar surface area (TPSA) is 46.5 Å². The second-order valence-corrected chi connectivity index (χ2v) is 4.09. The maximum absolute atomic E-state index is 11.2. The quantitative estimate of drug-likeness (QED) is 0.671. The molecule has 1 N–H and O–H groups in total. The summed E-state index contributed by atoms with van der Waals surface area (Å²) in [6.07, 6.45) is 1.51. The van der Waals surface area contributed by atoms with Gasteiger partial charge in [0.05, 0.1) is 0 Å². The van der Waals surface area contributed by atoms with E-state index in [2.05, 4.69) is 0 Å². The smallest absolute Gasteiger partial charge is 0.371 e. The van der Waals surface area contributed by atoms with Crippen LogP contribution in [0.2, 0.25) is 0 Å². The first-order valence-electron chi connectivity index (χ1n) is 5.90. The highest BCUT2D eigenvalue weighted by molar-refractivity contribution is 5.90. The molecule has 0 saturated heterocycles. The van der Waals surface area contributed by atoms with E-state index in [1.54, 1.807) is 6.07 Å². The number of ether oxygens (including phenoxy) is 1. The van der Waals surface area contributed by atoms with Crippen LogP contribution in [0.5, 0.6) is 5.75 Å². The van der Waals surface area contributed by atoms with Crippen molar-refractivity contribution in [2.24, 2.45) is 0 Å². The van der Waals surface area contributed by atoms with Crippen LogP contribution in [-0.2, 0) is 4.79 Å². The maximum atomic E-state index is 11.2. The van der Waals surface area contributed by atoms with Crippen molar-refractivity contribution >= 4 is 12.0 Å². The minimum absolute atomic E-state index is 0.0968. The number of rotatable bonds is 4. The van der Waals surface area contributed by atoms with Crippen LogP contribution in [0.15, 0.2) is 60.4 Å². The molecular formula is C16H14O3. The summed E-state index contributed by atoms with van der Waals surface area (Å²) in [5.41, 5.74) is 1.68. The first-order chi connectivity index (χ1) is 9.16. The normalized spacial score (nSPS) is 11.1. The van der Waals surface area contributed by atoms with E-state index in [9.17, 15) is 9.90 Å². The van der Waals surface area contributed by atoms with Gasteiger partial charge in [-0.15, -0.1) is 0 Å². The molecule has 0 fully saturated rings. The number of para-hydroxylation sites is 1. The van der Waals surface area contributed by atoms with Crippen molar-refractivity contribution in [3.8, 4) is 5.75 Å². The summed E-state index contributed by atoms with van der Waals surface area (Å²) in [7, 11) is 0. The zero-order valence-corrected chi connectivity index (χ0v) is 10.5. The third-order valence-electron chi connectivity index (χ3n) is 2.62. The lowest BCUT2D eigenvalue weighted by Crippen LogP contribution is -2.08. The Morgan fingerprint density at radius 2 is 1.68 bits per heavy atom. The lowest BCUT2D eigenvalue weighted by molar-refractivity contribution is -0.134. The number of carboxylic acid groups (broad SMARTS) is 1. The van der Waals surface area contributed by atoms with E-state index in [1.807, 2.05) is 55.5 Å². The third-order valence-corrected chi connectivity index (χ3v) is 2.62. The molecule has 19 heavy (non-hydrogen) atoms. The first-order valence-corrected chi connectivity index (χ1v) is 5.90. The fraction of sp³-hybridized carbons (Fsp3) is 0.0625. The maximum Gasteiger partial charge on any atom is 0.371 e. The Morgan fingerprint density at radius 3 is 2.32 bits per heavy atom. The summed E-state index contributed by atoms with van der Waals surface area (Å²) < 4.78 is 5.47. The molecule has 0 unspecified atom stereocenters. The summed E-state index contributed by atoms with van der Waals surface area (Å²) in [4.78, 5) is 11.2. The van der Waals surface area contributed by atoms with E-state index >= 15 is 0 Å². The van der Waals surface area contributed by atoms with Crippen LogP contribution in [0.4, 0.5) is 0 Å². The summed E-state index contributed by atoms with van der Waals surface area (Å²) in [6, 6.07) is 16.5. The molecule has 0 heterocycles. The van der Waals surface area contributed by atoms with Crippen molar-refractivity contribution in [3.05, 3.63) is 71.5 Å². The van der Waals surface area contributed by atoms with Crippen LogP contribution in [-0.4, -0.2) is 11.1 Å². The Bertz CT molecular complexity index is 600. The second-order valence-electron chi connectivity index (χ2n) is 4.09. The largest absolute Gasteiger partial charge is 0.475 e. The number of hydrogen-bond acceptors (Lipinski definition) is 2. The van der Waals surface area contributed by atoms with E-state index in [4.69, 9.17) is 4.74 Å². The van der Waals surface area contributed by atoms with Crippen molar-refractivity contribution in [1.82, 2.24) is 0 Å². The van der Waals surface area contributed by atoms with Crippen molar-refractivity contribution in [1.29, 1.82) is 0 Å². The summed E-state index contributed by atoms with van der Waals surface area (Å²) >= 11 is 0. The van der Waals surface area contributed by atoms with Crippen molar-refractivity contribution in [3.63, 3.8) is 0 Å². The van der Waals surface area contributed by atoms with Crippen LogP contribution >= 0.6 is 0 Å². The van der Waals surface area contributed by atoms with Crippen molar-refractivity contribution < 1.29 is 14.6 Å². The lowest BCUT2D eigenvalue weighted by atomic mass is 10.2. The van der Waals surface area contributed by atoms with Crippen LogP contribution in [0.1, 0.15) is 11.1 Å². The lowest BCUT2D eigenvalue weighted by Gasteiger charge is -2.08. The molecule has 0 saturated carbocycles. The zero-order valence-electron chi connectivity index (χ0n) is 10.5. The highest BCUT2D eigenvalue weighted by Gasteiger charge is 2.11. The molecule has 0 aliphatic heterocycles. The Labute approximate surface area is 111 Å². The fourth-order valence-corrected chi connectivity index (χ4v) is 1.62. The highest BCUT2D eigenvalue weighted by atomic mass is 16.5. The minimum atomic E-state index is -1.09. The van der Waals surface area contributed by atoms with Gasteiger partial charge in [-0.05, 0) is 30.2 Å². The number of carbonyl (C=O) groups is 1. The third kappa shape index (κ3) is 3.45. The van der Waals surface area contributed by atoms with E-state index in [-0.39, 0.29) is 5.76 Å². The van der Waals surface area contributed by atoms with Gasteiger partial charge < -0.3 is 9.84 Å². The molecule has 3 heteroatoms. The Hall–Kier alpha value is -2.55. The summed E-state index contributed by atoms with van der Waals surface area (Å²) in [5, 5.41) is 9.19. The van der Waals surface area contributed by atoms with Gasteiger partial charge in [-0.1, -0.05) is 48.5 Å². The number of benzene rings is 2. The van der Waals surface area contributed by atoms with Gasteiger partial charge in [0.1, 0.15) is 5.75 Å². The first kappa shape index (κ1) is 12.9. The number of hydrogen-bond donors (Lipinski definition) is 1. The molecular weight excluding hydrogens is 240 g/mol. The predicted molar refractivity (Wildman–Crippen MR) is 73.9 cm³/mol. The van der Waals surface area contributed by atoms with Gasteiger partial charge in [-0.25, -0.2) is 4.79 Å². The molecule has 0 atom stereocenters. The van der Waals surface area contributed by atoms with Gasteiger partial charge in [0, 0.05) is 0 Å². The molecule has 0 amide bonds. The van der Waals surface area contributed by atoms with Gasteiger partial charge in [0.25, 0.3) is 0 Å². The van der Waals surface area contributed by atoms with E-state index < -0.39 is 5.97 Å². The molecule has 0 radical (unpaired) electrons. The number of aliphatic carboxylic acids is 1. The average Bonchev–Trinajstić information content (AvgIpc) is 2.41. The summed E-state index contributed by atoms with van der Waals surface area (Å²) in [5.74, 6) is -0.639. The van der Waals surface area contributed by atoms with Gasteiger partial charge >= 0.3 is 5.97 Å². The number of carboxylic acids is 1. The van der Waals surface area contributed by atoms with Crippen LogP contribution in [0, 0.1) is 6.92 Å². The SMILES string of the molecule is Cc1ccccc1O/C(=C\c1ccccc1)C(=O)O. The van der Waals surface area contributed by atoms with Gasteiger partial charge in [-0.2, -0.15) is 0 Å². The molecule has 2 rings (SSSR count). The Balaban J connectivity index is 2.30. The molecule has 0 aromatic heterocycles. The van der Waals surface area contributed by atoms with Gasteiger partial charge in [-0.3, -0.25) is 0 Å². The predicted octanol–water partition coefficient (Wildman–Crippen LogP) is 3.50. The van der Waals surface area contributed by atoms with Crippen LogP contribution in [0.25, 0.3) is 6.08 Å². The molecule has 2 aromatic rings. The number of aryl methyl sites for hydroxylation is 1. The Morgan fingerprint density at radius 1 is 1.05 bits per heavy atom. The van der Waals surface area contributed by atoms with E-state index in [1.165, 1.54) is 6.08 Å². The van der Waals surface area contributed by atoms with E-state index in [0.717, 1.165) is 11.1 Å². The highest BCUT2D eigenvalue weighted by Crippen LogP contribution is 2.20. The van der Waals surface area contributed by atoms with Crippen LogP contribution < -0.4 is 4.74 Å². The fourth-order valence-electron chi connectivity index (χ4n) is 1.62. The van der Waals surface area contributed by atoms with Crippen LogP contribution in [0.3, 0.4) is 0 Å². The molecule has 96 valence electrons. The molecule has 3 nitrogen and oxygen atoms in total. The molecule has 2 aromatic carbocycles. The molecule has 0 aliphatic rings. The van der Waals surface area contributed by atoms with E-state index in [0.29, 0.717) is 5.75 Å². The van der Waals surface area contributed by atoms with Gasteiger partial charge in [0.2, 0.25) is 5.76 Å². The monoisotopic (exact) mass is 254 g/mol. The molecule has 0 bridgehead atoms. The van der Waals surface area contributed by atoms with Crippen molar-refractivity contribution in [2.75, 3.05) is 0 Å². The average molecular weight is 254 g/mol. The second kappa shape index (κ2) is 5.87. The molecule has 0 aliphatic carbocycles. The Kier molecular flexibility index (Phi) is 3.98. The van der Waals surface area contributed by atoms with Gasteiger partial charge in [0.15, 0.2) is 0 Å². The molecule has 0 spiro atoms. The standard InChI is InChI=1S/C16H14O3/c1-12-7-5-6-10-14(12)19-15(16(17)18)11-13-8-3-2-4-9-13/h2-11H,1H3,(H,17,18)/b15-11-. The minimum Gasteiger partial charge on any atom is -0.475 e.